The van der Waals surface area contributed by atoms with Crippen LogP contribution >= 0.6 is 0 Å². The molecule has 0 radical (unpaired) electrons. The number of ether oxygens (including phenoxy) is 1. The Bertz CT molecular complexity index is 716. The number of hydrogen-bond donors (Lipinski definition) is 1. The third-order valence-electron chi connectivity index (χ3n) is 3.91. The van der Waals surface area contributed by atoms with Gasteiger partial charge in [-0.2, -0.15) is 0 Å². The van der Waals surface area contributed by atoms with E-state index in [0.29, 0.717) is 5.56 Å². The molecular weight excluding hydrogens is 344 g/mol. The van der Waals surface area contributed by atoms with Gasteiger partial charge in [0.1, 0.15) is 18.0 Å². The van der Waals surface area contributed by atoms with Crippen molar-refractivity contribution in [1.82, 2.24) is 4.90 Å². The largest absolute Gasteiger partial charge is 0.458 e. The van der Waals surface area contributed by atoms with Crippen LogP contribution in [0.2, 0.25) is 0 Å². The number of carbonyl (C=O) groups is 3. The maximum Gasteiger partial charge on any atom is 0.338 e. The van der Waals surface area contributed by atoms with E-state index in [4.69, 9.17) is 10.5 Å². The Balaban J connectivity index is 1.99. The van der Waals surface area contributed by atoms with E-state index in [1.165, 1.54) is 17.9 Å². The summed E-state index contributed by atoms with van der Waals surface area (Å²) in [5.41, 5.74) is 6.36. The molecule has 2 amide bonds. The first-order valence-corrected chi connectivity index (χ1v) is 9.08. The summed E-state index contributed by atoms with van der Waals surface area (Å²) in [5, 5.41) is -0.521. The second-order valence-electron chi connectivity index (χ2n) is 5.65. The van der Waals surface area contributed by atoms with Crippen LogP contribution in [0.3, 0.4) is 0 Å². The van der Waals surface area contributed by atoms with Gasteiger partial charge in [0.2, 0.25) is 11.8 Å². The number of hydrogen-bond acceptors (Lipinski definition) is 5. The lowest BCUT2D eigenvalue weighted by atomic mass is 10.1. The molecule has 1 aromatic rings. The minimum Gasteiger partial charge on any atom is -0.458 e. The topological polar surface area (TPSA) is 107 Å². The highest BCUT2D eigenvalue weighted by Gasteiger charge is 2.44. The van der Waals surface area contributed by atoms with Gasteiger partial charge in [-0.05, 0) is 24.6 Å². The van der Waals surface area contributed by atoms with Crippen LogP contribution in [-0.4, -0.2) is 44.9 Å². The van der Waals surface area contributed by atoms with Gasteiger partial charge in [-0.1, -0.05) is 24.8 Å². The summed E-state index contributed by atoms with van der Waals surface area (Å²) in [7, 11) is -1.37. The highest BCUT2D eigenvalue weighted by atomic mass is 32.2. The van der Waals surface area contributed by atoms with Crippen LogP contribution in [0.1, 0.15) is 29.3 Å². The molecule has 7 nitrogen and oxygen atoms in total. The number of nitrogens with zero attached hydrogens (tertiary/aromatic N) is 1. The maximum absolute atomic E-state index is 12.5. The Morgan fingerprint density at radius 2 is 2.08 bits per heavy atom. The Hall–Kier alpha value is -2.48. The van der Waals surface area contributed by atoms with Gasteiger partial charge in [0.25, 0.3) is 0 Å². The lowest BCUT2D eigenvalue weighted by molar-refractivity contribution is -0.149. The van der Waals surface area contributed by atoms with Gasteiger partial charge in [-0.15, -0.1) is 0 Å². The van der Waals surface area contributed by atoms with Gasteiger partial charge in [0.15, 0.2) is 0 Å². The molecule has 0 aromatic heterocycles. The highest BCUT2D eigenvalue weighted by Crippen LogP contribution is 2.27. The number of benzene rings is 1. The first-order valence-electron chi connectivity index (χ1n) is 7.69. The summed E-state index contributed by atoms with van der Waals surface area (Å²) in [6.45, 7) is 5.12. The van der Waals surface area contributed by atoms with Crippen LogP contribution < -0.4 is 5.73 Å². The molecule has 1 aliphatic rings. The Morgan fingerprint density at radius 3 is 2.60 bits per heavy atom. The third-order valence-corrected chi connectivity index (χ3v) is 5.53. The second kappa shape index (κ2) is 8.06. The average molecular weight is 364 g/mol. The first kappa shape index (κ1) is 18.9. The zero-order chi connectivity index (χ0) is 18.6. The van der Waals surface area contributed by atoms with Crippen molar-refractivity contribution in [3.05, 3.63) is 48.0 Å². The van der Waals surface area contributed by atoms with E-state index in [0.717, 1.165) is 5.56 Å². The number of likely N-dealkylation sites (tertiary alicyclic amines) is 1. The van der Waals surface area contributed by atoms with Crippen molar-refractivity contribution in [2.45, 2.75) is 30.5 Å². The Kier molecular flexibility index (Phi) is 6.08. The molecule has 0 aliphatic carbocycles. The van der Waals surface area contributed by atoms with E-state index >= 15 is 0 Å². The van der Waals surface area contributed by atoms with E-state index in [9.17, 15) is 18.6 Å². The van der Waals surface area contributed by atoms with Gasteiger partial charge >= 0.3 is 5.97 Å². The monoisotopic (exact) mass is 364 g/mol. The zero-order valence-corrected chi connectivity index (χ0v) is 14.7. The molecule has 134 valence electrons. The predicted molar refractivity (Wildman–Crippen MR) is 92.7 cm³/mol. The van der Waals surface area contributed by atoms with Gasteiger partial charge in [0.05, 0.1) is 17.7 Å². The van der Waals surface area contributed by atoms with Crippen molar-refractivity contribution in [2.75, 3.05) is 6.61 Å². The van der Waals surface area contributed by atoms with Crippen LogP contribution in [-0.2, 0) is 30.9 Å². The van der Waals surface area contributed by atoms with Crippen LogP contribution in [0, 0.1) is 0 Å². The van der Waals surface area contributed by atoms with Gasteiger partial charge in [-0.3, -0.25) is 13.8 Å². The van der Waals surface area contributed by atoms with Crippen LogP contribution in [0.15, 0.2) is 36.9 Å². The van der Waals surface area contributed by atoms with E-state index in [1.54, 1.807) is 24.3 Å². The van der Waals surface area contributed by atoms with Crippen molar-refractivity contribution in [2.24, 2.45) is 5.73 Å². The summed E-state index contributed by atoms with van der Waals surface area (Å²) in [4.78, 5) is 35.9. The molecule has 3 atom stereocenters. The van der Waals surface area contributed by atoms with Crippen molar-refractivity contribution < 1.29 is 23.3 Å². The predicted octanol–water partition coefficient (Wildman–Crippen LogP) is 0.710. The summed E-state index contributed by atoms with van der Waals surface area (Å²) in [6.07, 6.45) is 1.62. The van der Waals surface area contributed by atoms with Crippen molar-refractivity contribution >= 4 is 28.6 Å². The van der Waals surface area contributed by atoms with Gasteiger partial charge < -0.3 is 15.4 Å². The molecule has 1 aliphatic heterocycles. The summed E-state index contributed by atoms with van der Waals surface area (Å²) in [5.74, 6) is -1.11. The lowest BCUT2D eigenvalue weighted by Gasteiger charge is -2.42. The first-order chi connectivity index (χ1) is 11.8. The molecule has 0 saturated carbocycles. The maximum atomic E-state index is 12.5. The number of esters is 1. The fourth-order valence-corrected chi connectivity index (χ4v) is 4.03. The molecule has 1 heterocycles. The number of β-lactam (4-membered cyclic amide) rings is 1. The Labute approximate surface area is 148 Å². The Morgan fingerprint density at radius 1 is 1.44 bits per heavy atom. The molecular formula is C17H20N2O5S. The van der Waals surface area contributed by atoms with E-state index < -0.39 is 34.1 Å². The van der Waals surface area contributed by atoms with Crippen LogP contribution in [0.25, 0.3) is 0 Å². The van der Waals surface area contributed by atoms with Crippen molar-refractivity contribution in [3.63, 3.8) is 0 Å². The van der Waals surface area contributed by atoms with Gasteiger partial charge in [0, 0.05) is 10.8 Å². The van der Waals surface area contributed by atoms with Crippen LogP contribution in [0.4, 0.5) is 0 Å². The molecule has 2 rings (SSSR count). The number of primary amides is 1. The highest BCUT2D eigenvalue weighted by molar-refractivity contribution is 7.85. The lowest BCUT2D eigenvalue weighted by Crippen LogP contribution is -2.61. The minimum atomic E-state index is -1.37. The summed E-state index contributed by atoms with van der Waals surface area (Å²) >= 11 is 0. The number of rotatable bonds is 8. The van der Waals surface area contributed by atoms with Crippen LogP contribution in [0.5, 0.6) is 0 Å². The zero-order valence-electron chi connectivity index (χ0n) is 13.8. The SMILES string of the molecule is C=CCOC(=O)c1ccc(CS(=O)C2CC(=O)N2C(C)C(N)=O)cc1. The second-order valence-corrected chi connectivity index (χ2v) is 7.24. The number of amides is 2. The molecule has 1 aromatic carbocycles. The minimum absolute atomic E-state index is 0.133. The molecule has 1 saturated heterocycles. The standard InChI is InChI=1S/C17H20N2O5S/c1-3-8-24-17(22)13-6-4-12(5-7-13)10-25(23)15-9-14(20)19(15)11(2)16(18)21/h3-7,11,15H,1,8-10H2,2H3,(H2,18,21). The molecule has 0 bridgehead atoms. The van der Waals surface area contributed by atoms with E-state index in [-0.39, 0.29) is 24.7 Å². The summed E-state index contributed by atoms with van der Waals surface area (Å²) < 4.78 is 17.4. The molecule has 25 heavy (non-hydrogen) atoms. The quantitative estimate of drug-likeness (QED) is 0.415. The fraction of sp³-hybridized carbons (Fsp3) is 0.353. The molecule has 8 heteroatoms. The molecule has 0 spiro atoms. The third kappa shape index (κ3) is 4.33. The van der Waals surface area contributed by atoms with Crippen molar-refractivity contribution in [1.29, 1.82) is 0 Å². The molecule has 1 fully saturated rings. The molecule has 3 unspecified atom stereocenters. The van der Waals surface area contributed by atoms with Crippen molar-refractivity contribution in [3.8, 4) is 0 Å². The van der Waals surface area contributed by atoms with E-state index in [2.05, 4.69) is 6.58 Å². The molecule has 2 N–H and O–H groups in total. The average Bonchev–Trinajstić information content (AvgIpc) is 2.57. The van der Waals surface area contributed by atoms with E-state index in [1.807, 2.05) is 0 Å². The smallest absolute Gasteiger partial charge is 0.338 e. The number of nitrogens with two attached hydrogens (primary N) is 1. The normalized spacial score (nSPS) is 18.8. The number of carbonyl (C=O) groups excluding carboxylic acids is 3. The van der Waals surface area contributed by atoms with Gasteiger partial charge in [-0.25, -0.2) is 4.79 Å². The fourth-order valence-electron chi connectivity index (χ4n) is 2.44. The summed E-state index contributed by atoms with van der Waals surface area (Å²) in [6, 6.07) is 5.77.